The molecule has 0 aromatic carbocycles. The minimum absolute atomic E-state index is 0.462. The van der Waals surface area contributed by atoms with Gasteiger partial charge in [-0.2, -0.15) is 5.10 Å². The van der Waals surface area contributed by atoms with Gasteiger partial charge >= 0.3 is 0 Å². The fourth-order valence-electron chi connectivity index (χ4n) is 1.31. The highest BCUT2D eigenvalue weighted by atomic mass is 32.2. The maximum absolute atomic E-state index is 9.46. The van der Waals surface area contributed by atoms with Gasteiger partial charge in [-0.15, -0.1) is 0 Å². The van der Waals surface area contributed by atoms with E-state index in [-0.39, 0.29) is 0 Å². The Labute approximate surface area is 98.3 Å². The molecule has 2 rings (SSSR count). The van der Waals surface area contributed by atoms with Crippen LogP contribution in [0, 0.1) is 0 Å². The van der Waals surface area contributed by atoms with Crippen molar-refractivity contribution in [1.29, 1.82) is 0 Å². The Kier molecular flexibility index (Phi) is 3.26. The third-order valence-electron chi connectivity index (χ3n) is 2.14. The zero-order valence-corrected chi connectivity index (χ0v) is 9.98. The van der Waals surface area contributed by atoms with E-state index < -0.39 is 6.10 Å². The molecule has 2 heterocycles. The van der Waals surface area contributed by atoms with Crippen LogP contribution in [-0.4, -0.2) is 19.9 Å². The number of aliphatic hydroxyl groups excluding tert-OH is 1. The van der Waals surface area contributed by atoms with Crippen molar-refractivity contribution in [2.24, 2.45) is 7.05 Å². The second kappa shape index (κ2) is 4.67. The molecule has 1 atom stereocenters. The van der Waals surface area contributed by atoms with Gasteiger partial charge in [0, 0.05) is 19.4 Å². The minimum atomic E-state index is -0.462. The molecule has 0 aliphatic carbocycles. The maximum atomic E-state index is 9.46. The Bertz CT molecular complexity index is 482. The number of hydrogen-bond acceptors (Lipinski definition) is 4. The van der Waals surface area contributed by atoms with Crippen molar-refractivity contribution in [2.45, 2.75) is 22.9 Å². The largest absolute Gasteiger partial charge is 0.389 e. The summed E-state index contributed by atoms with van der Waals surface area (Å²) in [6, 6.07) is 3.71. The summed E-state index contributed by atoms with van der Waals surface area (Å²) < 4.78 is 1.75. The number of rotatable bonds is 3. The van der Waals surface area contributed by atoms with E-state index in [9.17, 15) is 5.11 Å². The van der Waals surface area contributed by atoms with Crippen LogP contribution in [0.5, 0.6) is 0 Å². The predicted octanol–water partition coefficient (Wildman–Crippen LogP) is 2.02. The van der Waals surface area contributed by atoms with Crippen LogP contribution in [0.4, 0.5) is 0 Å². The van der Waals surface area contributed by atoms with Gasteiger partial charge in [-0.3, -0.25) is 4.68 Å². The molecule has 0 spiro atoms. The quantitative estimate of drug-likeness (QED) is 0.884. The van der Waals surface area contributed by atoms with Crippen molar-refractivity contribution in [3.8, 4) is 0 Å². The lowest BCUT2D eigenvalue weighted by atomic mass is 10.2. The third kappa shape index (κ3) is 2.62. The highest BCUT2D eigenvalue weighted by molar-refractivity contribution is 7.99. The number of aromatic nitrogens is 3. The van der Waals surface area contributed by atoms with Crippen molar-refractivity contribution in [2.75, 3.05) is 0 Å². The standard InChI is InChI=1S/C11H13N3OS/c1-8(15)9-3-4-12-11(5-9)16-10-6-13-14(2)7-10/h3-8,15H,1-2H3/t8-/m1/s1. The topological polar surface area (TPSA) is 50.9 Å². The Hall–Kier alpha value is -1.33. The highest BCUT2D eigenvalue weighted by Crippen LogP contribution is 2.26. The Balaban J connectivity index is 2.18. The van der Waals surface area contributed by atoms with Gasteiger partial charge in [0.25, 0.3) is 0 Å². The van der Waals surface area contributed by atoms with E-state index >= 15 is 0 Å². The summed E-state index contributed by atoms with van der Waals surface area (Å²) in [5.41, 5.74) is 0.876. The zero-order chi connectivity index (χ0) is 11.5. The first kappa shape index (κ1) is 11.2. The molecule has 2 aromatic heterocycles. The van der Waals surface area contributed by atoms with Gasteiger partial charge in [0.2, 0.25) is 0 Å². The lowest BCUT2D eigenvalue weighted by Crippen LogP contribution is -1.91. The SMILES string of the molecule is C[C@@H](O)c1ccnc(Sc2cnn(C)c2)c1. The Morgan fingerprint density at radius 2 is 2.31 bits per heavy atom. The molecule has 16 heavy (non-hydrogen) atoms. The van der Waals surface area contributed by atoms with Crippen LogP contribution in [0.25, 0.3) is 0 Å². The van der Waals surface area contributed by atoms with Crippen molar-refractivity contribution in [1.82, 2.24) is 14.8 Å². The first-order valence-electron chi connectivity index (χ1n) is 4.95. The van der Waals surface area contributed by atoms with Crippen LogP contribution in [-0.2, 0) is 7.05 Å². The second-order valence-corrected chi connectivity index (χ2v) is 4.65. The smallest absolute Gasteiger partial charge is 0.101 e. The molecular formula is C11H13N3OS. The predicted molar refractivity (Wildman–Crippen MR) is 62.2 cm³/mol. The number of aliphatic hydroxyl groups is 1. The van der Waals surface area contributed by atoms with Gasteiger partial charge in [0.15, 0.2) is 0 Å². The first-order valence-corrected chi connectivity index (χ1v) is 5.77. The summed E-state index contributed by atoms with van der Waals surface area (Å²) in [7, 11) is 1.88. The van der Waals surface area contributed by atoms with Crippen molar-refractivity contribution in [3.05, 3.63) is 36.3 Å². The lowest BCUT2D eigenvalue weighted by Gasteiger charge is -2.05. The highest BCUT2D eigenvalue weighted by Gasteiger charge is 2.05. The van der Waals surface area contributed by atoms with E-state index in [0.717, 1.165) is 15.5 Å². The molecular weight excluding hydrogens is 222 g/mol. The summed E-state index contributed by atoms with van der Waals surface area (Å²) in [5, 5.41) is 14.4. The van der Waals surface area contributed by atoms with E-state index in [4.69, 9.17) is 0 Å². The summed E-state index contributed by atoms with van der Waals surface area (Å²) in [4.78, 5) is 5.28. The number of hydrogen-bond donors (Lipinski definition) is 1. The Morgan fingerprint density at radius 1 is 1.50 bits per heavy atom. The zero-order valence-electron chi connectivity index (χ0n) is 9.16. The van der Waals surface area contributed by atoms with E-state index in [1.165, 1.54) is 11.8 Å². The summed E-state index contributed by atoms with van der Waals surface area (Å²) in [6.07, 6.45) is 4.97. The van der Waals surface area contributed by atoms with Crippen LogP contribution in [0.3, 0.4) is 0 Å². The average molecular weight is 235 g/mol. The third-order valence-corrected chi connectivity index (χ3v) is 3.02. The van der Waals surface area contributed by atoms with Gasteiger partial charge in [0.05, 0.1) is 17.2 Å². The normalized spacial score (nSPS) is 12.7. The number of aryl methyl sites for hydroxylation is 1. The molecule has 4 nitrogen and oxygen atoms in total. The van der Waals surface area contributed by atoms with Crippen LogP contribution < -0.4 is 0 Å². The van der Waals surface area contributed by atoms with Crippen molar-refractivity contribution >= 4 is 11.8 Å². The van der Waals surface area contributed by atoms with E-state index in [1.807, 2.05) is 25.4 Å². The molecule has 84 valence electrons. The molecule has 0 bridgehead atoms. The molecule has 1 N–H and O–H groups in total. The number of pyridine rings is 1. The van der Waals surface area contributed by atoms with Crippen LogP contribution in [0.15, 0.2) is 40.6 Å². The monoisotopic (exact) mass is 235 g/mol. The summed E-state index contributed by atoms with van der Waals surface area (Å²) in [5.74, 6) is 0. The molecule has 0 radical (unpaired) electrons. The first-order chi connectivity index (χ1) is 7.65. The average Bonchev–Trinajstić information content (AvgIpc) is 2.64. The molecule has 5 heteroatoms. The van der Waals surface area contributed by atoms with Crippen molar-refractivity contribution in [3.63, 3.8) is 0 Å². The molecule has 2 aromatic rings. The summed E-state index contributed by atoms with van der Waals surface area (Å²) in [6.45, 7) is 1.74. The number of nitrogens with zero attached hydrogens (tertiary/aromatic N) is 3. The van der Waals surface area contributed by atoms with Crippen LogP contribution in [0.2, 0.25) is 0 Å². The second-order valence-electron chi connectivity index (χ2n) is 3.56. The van der Waals surface area contributed by atoms with Gasteiger partial charge in [-0.1, -0.05) is 11.8 Å². The van der Waals surface area contributed by atoms with E-state index in [0.29, 0.717) is 0 Å². The molecule has 0 fully saturated rings. The van der Waals surface area contributed by atoms with Gasteiger partial charge in [0.1, 0.15) is 5.03 Å². The lowest BCUT2D eigenvalue weighted by molar-refractivity contribution is 0.199. The molecule has 0 saturated carbocycles. The molecule has 0 saturated heterocycles. The van der Waals surface area contributed by atoms with E-state index in [2.05, 4.69) is 10.1 Å². The van der Waals surface area contributed by atoms with Gasteiger partial charge < -0.3 is 5.11 Å². The fraction of sp³-hybridized carbons (Fsp3) is 0.273. The van der Waals surface area contributed by atoms with Gasteiger partial charge in [-0.25, -0.2) is 4.98 Å². The Morgan fingerprint density at radius 3 is 2.94 bits per heavy atom. The van der Waals surface area contributed by atoms with Crippen LogP contribution in [0.1, 0.15) is 18.6 Å². The molecule has 0 aliphatic rings. The molecule has 0 aliphatic heterocycles. The van der Waals surface area contributed by atoms with E-state index in [1.54, 1.807) is 24.0 Å². The maximum Gasteiger partial charge on any atom is 0.101 e. The fourth-order valence-corrected chi connectivity index (χ4v) is 2.17. The molecule has 0 unspecified atom stereocenters. The minimum Gasteiger partial charge on any atom is -0.389 e. The van der Waals surface area contributed by atoms with Crippen molar-refractivity contribution < 1.29 is 5.11 Å². The summed E-state index contributed by atoms with van der Waals surface area (Å²) >= 11 is 1.53. The van der Waals surface area contributed by atoms with Gasteiger partial charge in [-0.05, 0) is 24.6 Å². The van der Waals surface area contributed by atoms with Crippen LogP contribution >= 0.6 is 11.8 Å². The molecule has 0 amide bonds.